The van der Waals surface area contributed by atoms with Crippen LogP contribution in [0, 0.1) is 13.8 Å². The van der Waals surface area contributed by atoms with Gasteiger partial charge in [-0.15, -0.1) is 0 Å². The predicted octanol–water partition coefficient (Wildman–Crippen LogP) is 2.58. The Morgan fingerprint density at radius 1 is 1.48 bits per heavy atom. The summed E-state index contributed by atoms with van der Waals surface area (Å²) in [6.07, 6.45) is -2.43. The highest BCUT2D eigenvalue weighted by atomic mass is 19.4. The van der Waals surface area contributed by atoms with Crippen molar-refractivity contribution in [1.82, 2.24) is 9.88 Å². The van der Waals surface area contributed by atoms with E-state index in [1.807, 2.05) is 0 Å². The van der Waals surface area contributed by atoms with Crippen LogP contribution in [0.15, 0.2) is 6.07 Å². The predicted molar refractivity (Wildman–Crippen MR) is 71.3 cm³/mol. The van der Waals surface area contributed by atoms with Crippen LogP contribution in [0.3, 0.4) is 0 Å². The standard InChI is InChI=1S/C14H19F3N2O2/c1-9-6-12(10(2)19(9)8-14(15,16)17)13(20)18-7-11-4-3-5-21-11/h6,11H,3-5,7-8H2,1-2H3,(H,18,20)/t11-/m1/s1. The molecule has 1 saturated heterocycles. The van der Waals surface area contributed by atoms with Gasteiger partial charge in [-0.2, -0.15) is 13.2 Å². The van der Waals surface area contributed by atoms with Crippen LogP contribution in [-0.2, 0) is 11.3 Å². The number of hydrogen-bond donors (Lipinski definition) is 1. The van der Waals surface area contributed by atoms with E-state index in [9.17, 15) is 18.0 Å². The molecule has 2 heterocycles. The molecule has 7 heteroatoms. The second-order valence-electron chi connectivity index (χ2n) is 5.33. The minimum atomic E-state index is -4.31. The number of aryl methyl sites for hydroxylation is 1. The van der Waals surface area contributed by atoms with Gasteiger partial charge in [0.1, 0.15) is 6.54 Å². The van der Waals surface area contributed by atoms with Crippen LogP contribution in [0.25, 0.3) is 0 Å². The number of nitrogens with one attached hydrogen (secondary N) is 1. The maximum absolute atomic E-state index is 12.5. The van der Waals surface area contributed by atoms with Crippen molar-refractivity contribution in [1.29, 1.82) is 0 Å². The van der Waals surface area contributed by atoms with E-state index in [1.54, 1.807) is 6.92 Å². The van der Waals surface area contributed by atoms with Crippen LogP contribution in [0.1, 0.15) is 34.6 Å². The number of carbonyl (C=O) groups excluding carboxylic acids is 1. The summed E-state index contributed by atoms with van der Waals surface area (Å²) in [6.45, 7) is 3.10. The summed E-state index contributed by atoms with van der Waals surface area (Å²) in [6, 6.07) is 1.49. The Kier molecular flexibility index (Phi) is 4.61. The number of carbonyl (C=O) groups is 1. The van der Waals surface area contributed by atoms with E-state index in [2.05, 4.69) is 5.32 Å². The molecule has 1 aliphatic rings. The Hall–Kier alpha value is -1.50. The van der Waals surface area contributed by atoms with Crippen molar-refractivity contribution in [2.24, 2.45) is 0 Å². The van der Waals surface area contributed by atoms with Gasteiger partial charge in [-0.3, -0.25) is 4.79 Å². The number of aromatic nitrogens is 1. The summed E-state index contributed by atoms with van der Waals surface area (Å²) in [7, 11) is 0. The summed E-state index contributed by atoms with van der Waals surface area (Å²) < 4.78 is 44.1. The normalized spacial score (nSPS) is 19.0. The lowest BCUT2D eigenvalue weighted by atomic mass is 10.2. The number of amides is 1. The Labute approximate surface area is 121 Å². The molecule has 0 radical (unpaired) electrons. The smallest absolute Gasteiger partial charge is 0.376 e. The van der Waals surface area contributed by atoms with Crippen LogP contribution >= 0.6 is 0 Å². The van der Waals surface area contributed by atoms with E-state index in [-0.39, 0.29) is 17.6 Å². The third-order valence-electron chi connectivity index (χ3n) is 3.67. The van der Waals surface area contributed by atoms with Crippen molar-refractivity contribution in [3.8, 4) is 0 Å². The van der Waals surface area contributed by atoms with Crippen molar-refractivity contribution in [3.63, 3.8) is 0 Å². The van der Waals surface area contributed by atoms with E-state index in [0.29, 0.717) is 24.5 Å². The monoisotopic (exact) mass is 304 g/mol. The lowest BCUT2D eigenvalue weighted by Gasteiger charge is -2.13. The topological polar surface area (TPSA) is 43.3 Å². The van der Waals surface area contributed by atoms with Gasteiger partial charge in [0.15, 0.2) is 0 Å². The van der Waals surface area contributed by atoms with Gasteiger partial charge in [0.2, 0.25) is 0 Å². The van der Waals surface area contributed by atoms with Crippen molar-refractivity contribution in [2.75, 3.05) is 13.2 Å². The SMILES string of the molecule is Cc1cc(C(=O)NC[C@H]2CCCO2)c(C)n1CC(F)(F)F. The minimum absolute atomic E-state index is 0.00705. The Morgan fingerprint density at radius 3 is 2.76 bits per heavy atom. The second-order valence-corrected chi connectivity index (χ2v) is 5.33. The van der Waals surface area contributed by atoms with Crippen LogP contribution in [0.4, 0.5) is 13.2 Å². The summed E-state index contributed by atoms with van der Waals surface area (Å²) in [4.78, 5) is 12.1. The van der Waals surface area contributed by atoms with E-state index < -0.39 is 12.7 Å². The fourth-order valence-electron chi connectivity index (χ4n) is 2.56. The zero-order valence-electron chi connectivity index (χ0n) is 12.1. The van der Waals surface area contributed by atoms with Crippen molar-refractivity contribution >= 4 is 5.91 Å². The van der Waals surface area contributed by atoms with E-state index >= 15 is 0 Å². The highest BCUT2D eigenvalue weighted by molar-refractivity contribution is 5.95. The first-order chi connectivity index (χ1) is 9.78. The van der Waals surface area contributed by atoms with Gasteiger partial charge in [0.05, 0.1) is 11.7 Å². The fraction of sp³-hybridized carbons (Fsp3) is 0.643. The third kappa shape index (κ3) is 4.00. The maximum atomic E-state index is 12.5. The molecule has 118 valence electrons. The van der Waals surface area contributed by atoms with Gasteiger partial charge < -0.3 is 14.6 Å². The summed E-state index contributed by atoms with van der Waals surface area (Å²) >= 11 is 0. The molecule has 1 aromatic rings. The second kappa shape index (κ2) is 6.09. The molecule has 21 heavy (non-hydrogen) atoms. The van der Waals surface area contributed by atoms with E-state index in [4.69, 9.17) is 4.74 Å². The zero-order chi connectivity index (χ0) is 15.6. The molecular formula is C14H19F3N2O2. The first-order valence-corrected chi connectivity index (χ1v) is 6.91. The molecule has 1 atom stereocenters. The molecular weight excluding hydrogens is 285 g/mol. The summed E-state index contributed by atoms with van der Waals surface area (Å²) in [5, 5.41) is 2.73. The number of nitrogens with zero attached hydrogens (tertiary/aromatic N) is 1. The summed E-state index contributed by atoms with van der Waals surface area (Å²) in [5.41, 5.74) is 1.04. The largest absolute Gasteiger partial charge is 0.406 e. The van der Waals surface area contributed by atoms with Crippen molar-refractivity contribution < 1.29 is 22.7 Å². The number of alkyl halides is 3. The molecule has 0 aromatic carbocycles. The average molecular weight is 304 g/mol. The molecule has 0 unspecified atom stereocenters. The molecule has 0 saturated carbocycles. The summed E-state index contributed by atoms with van der Waals surface area (Å²) in [5.74, 6) is -0.355. The van der Waals surface area contributed by atoms with E-state index in [0.717, 1.165) is 17.4 Å². The first kappa shape index (κ1) is 15.9. The van der Waals surface area contributed by atoms with Gasteiger partial charge in [-0.1, -0.05) is 0 Å². The number of ether oxygens (including phenoxy) is 1. The van der Waals surface area contributed by atoms with Gasteiger partial charge in [-0.25, -0.2) is 0 Å². The minimum Gasteiger partial charge on any atom is -0.376 e. The van der Waals surface area contributed by atoms with Crippen LogP contribution in [-0.4, -0.2) is 35.9 Å². The maximum Gasteiger partial charge on any atom is 0.406 e. The van der Waals surface area contributed by atoms with Gasteiger partial charge in [-0.05, 0) is 32.8 Å². The molecule has 1 aromatic heterocycles. The van der Waals surface area contributed by atoms with Gasteiger partial charge in [0.25, 0.3) is 5.91 Å². The Bertz CT molecular complexity index is 517. The van der Waals surface area contributed by atoms with Gasteiger partial charge in [0, 0.05) is 24.5 Å². The molecule has 2 rings (SSSR count). The van der Waals surface area contributed by atoms with Gasteiger partial charge >= 0.3 is 6.18 Å². The molecule has 1 N–H and O–H groups in total. The Morgan fingerprint density at radius 2 is 2.19 bits per heavy atom. The molecule has 0 bridgehead atoms. The zero-order valence-corrected chi connectivity index (χ0v) is 12.1. The van der Waals surface area contributed by atoms with Crippen LogP contribution < -0.4 is 5.32 Å². The third-order valence-corrected chi connectivity index (χ3v) is 3.67. The lowest BCUT2D eigenvalue weighted by molar-refractivity contribution is -0.141. The molecule has 0 aliphatic carbocycles. The number of halogens is 3. The number of rotatable bonds is 4. The number of hydrogen-bond acceptors (Lipinski definition) is 2. The van der Waals surface area contributed by atoms with Crippen molar-refractivity contribution in [2.45, 2.75) is 45.5 Å². The van der Waals surface area contributed by atoms with Crippen LogP contribution in [0.2, 0.25) is 0 Å². The molecule has 1 amide bonds. The quantitative estimate of drug-likeness (QED) is 0.929. The lowest BCUT2D eigenvalue weighted by Crippen LogP contribution is -2.32. The van der Waals surface area contributed by atoms with E-state index in [1.165, 1.54) is 13.0 Å². The Balaban J connectivity index is 2.05. The molecule has 4 nitrogen and oxygen atoms in total. The molecule has 0 spiro atoms. The fourth-order valence-corrected chi connectivity index (χ4v) is 2.56. The highest BCUT2D eigenvalue weighted by Crippen LogP contribution is 2.23. The molecule has 1 aliphatic heterocycles. The van der Waals surface area contributed by atoms with Crippen molar-refractivity contribution in [3.05, 3.63) is 23.0 Å². The van der Waals surface area contributed by atoms with Crippen LogP contribution in [0.5, 0.6) is 0 Å². The average Bonchev–Trinajstić information content (AvgIpc) is 2.98. The first-order valence-electron chi connectivity index (χ1n) is 6.91. The highest BCUT2D eigenvalue weighted by Gasteiger charge is 2.30. The molecule has 1 fully saturated rings.